The molecule has 2 heterocycles. The quantitative estimate of drug-likeness (QED) is 0.887. The number of halogens is 2. The van der Waals surface area contributed by atoms with Gasteiger partial charge in [-0.2, -0.15) is 13.9 Å². The first kappa shape index (κ1) is 15.0. The number of hydrogen-bond acceptors (Lipinski definition) is 5. The van der Waals surface area contributed by atoms with Gasteiger partial charge in [0, 0.05) is 19.8 Å². The summed E-state index contributed by atoms with van der Waals surface area (Å²) in [7, 11) is 3.31. The lowest BCUT2D eigenvalue weighted by Crippen LogP contribution is -2.08. The third kappa shape index (κ3) is 3.39. The lowest BCUT2D eigenvalue weighted by atomic mass is 10.2. The normalized spacial score (nSPS) is 10.8. The second kappa shape index (κ2) is 6.38. The smallest absolute Gasteiger partial charge is 0.387 e. The molecule has 0 aliphatic carbocycles. The molecule has 0 radical (unpaired) electrons. The Bertz CT molecular complexity index is 616. The van der Waals surface area contributed by atoms with Crippen LogP contribution in [0, 0.1) is 6.92 Å². The van der Waals surface area contributed by atoms with E-state index in [1.807, 2.05) is 6.92 Å². The molecule has 0 unspecified atom stereocenters. The van der Waals surface area contributed by atoms with Crippen molar-refractivity contribution in [3.8, 4) is 11.6 Å². The van der Waals surface area contributed by atoms with Crippen molar-refractivity contribution in [3.63, 3.8) is 0 Å². The van der Waals surface area contributed by atoms with E-state index in [4.69, 9.17) is 4.74 Å². The summed E-state index contributed by atoms with van der Waals surface area (Å²) in [6.45, 7) is -0.724. The van der Waals surface area contributed by atoms with Gasteiger partial charge in [0.05, 0.1) is 18.4 Å². The van der Waals surface area contributed by atoms with Crippen LogP contribution in [0.5, 0.6) is 11.6 Å². The first-order chi connectivity index (χ1) is 10.0. The van der Waals surface area contributed by atoms with Crippen LogP contribution in [-0.4, -0.2) is 28.5 Å². The summed E-state index contributed by atoms with van der Waals surface area (Å²) in [5, 5.41) is 7.21. The van der Waals surface area contributed by atoms with E-state index in [2.05, 4.69) is 20.1 Å². The monoisotopic (exact) mass is 298 g/mol. The fourth-order valence-electron chi connectivity index (χ4n) is 2.03. The Labute approximate surface area is 120 Å². The molecule has 114 valence electrons. The van der Waals surface area contributed by atoms with Gasteiger partial charge in [0.25, 0.3) is 0 Å². The molecule has 6 nitrogen and oxygen atoms in total. The average Bonchev–Trinajstić information content (AvgIpc) is 2.70. The summed E-state index contributed by atoms with van der Waals surface area (Å²) in [5.74, 6) is 0.836. The second-order valence-corrected chi connectivity index (χ2v) is 4.28. The van der Waals surface area contributed by atoms with E-state index in [1.165, 1.54) is 18.3 Å². The maximum atomic E-state index is 12.3. The van der Waals surface area contributed by atoms with Gasteiger partial charge in [-0.15, -0.1) is 0 Å². The molecular weight excluding hydrogens is 282 g/mol. The highest BCUT2D eigenvalue weighted by molar-refractivity contribution is 5.50. The van der Waals surface area contributed by atoms with Crippen LogP contribution in [0.25, 0.3) is 0 Å². The highest BCUT2D eigenvalue weighted by Crippen LogP contribution is 2.26. The number of rotatable bonds is 6. The third-order valence-electron chi connectivity index (χ3n) is 2.90. The lowest BCUT2D eigenvalue weighted by Gasteiger charge is -2.11. The van der Waals surface area contributed by atoms with E-state index in [9.17, 15) is 8.78 Å². The zero-order chi connectivity index (χ0) is 15.4. The van der Waals surface area contributed by atoms with Crippen LogP contribution >= 0.6 is 0 Å². The van der Waals surface area contributed by atoms with Crippen LogP contribution in [-0.2, 0) is 13.6 Å². The Morgan fingerprint density at radius 1 is 1.43 bits per heavy atom. The summed E-state index contributed by atoms with van der Waals surface area (Å²) in [6.07, 6.45) is 1.49. The predicted octanol–water partition coefficient (Wildman–Crippen LogP) is 2.35. The predicted molar refractivity (Wildman–Crippen MR) is 72.7 cm³/mol. The standard InChI is InChI=1S/C13H16F2N4O2/c1-8-9(12(20-3)19(2)18-8)7-17-11-10(21-13(14)15)5-4-6-16-11/h4-6,13H,7H2,1-3H3,(H,16,17). The first-order valence-electron chi connectivity index (χ1n) is 6.23. The molecule has 0 aromatic carbocycles. The zero-order valence-electron chi connectivity index (χ0n) is 11.9. The number of aromatic nitrogens is 3. The molecule has 0 saturated carbocycles. The van der Waals surface area contributed by atoms with Crippen molar-refractivity contribution in [1.29, 1.82) is 0 Å². The molecule has 2 rings (SSSR count). The number of nitrogens with one attached hydrogen (secondary N) is 1. The molecule has 0 aliphatic rings. The summed E-state index contributed by atoms with van der Waals surface area (Å²) in [6, 6.07) is 2.95. The van der Waals surface area contributed by atoms with Crippen LogP contribution in [0.15, 0.2) is 18.3 Å². The van der Waals surface area contributed by atoms with Gasteiger partial charge >= 0.3 is 6.61 Å². The third-order valence-corrected chi connectivity index (χ3v) is 2.90. The number of pyridine rings is 1. The summed E-state index contributed by atoms with van der Waals surface area (Å²) >= 11 is 0. The van der Waals surface area contributed by atoms with E-state index in [0.717, 1.165) is 11.3 Å². The maximum Gasteiger partial charge on any atom is 0.387 e. The second-order valence-electron chi connectivity index (χ2n) is 4.28. The Morgan fingerprint density at radius 2 is 2.19 bits per heavy atom. The van der Waals surface area contributed by atoms with E-state index in [0.29, 0.717) is 12.4 Å². The molecule has 2 aromatic heterocycles. The molecule has 0 bridgehead atoms. The van der Waals surface area contributed by atoms with E-state index >= 15 is 0 Å². The number of aryl methyl sites for hydroxylation is 2. The summed E-state index contributed by atoms with van der Waals surface area (Å²) in [4.78, 5) is 4.00. The molecule has 21 heavy (non-hydrogen) atoms. The van der Waals surface area contributed by atoms with Gasteiger partial charge in [0.2, 0.25) is 5.88 Å². The van der Waals surface area contributed by atoms with Crippen LogP contribution in [0.2, 0.25) is 0 Å². The van der Waals surface area contributed by atoms with Gasteiger partial charge in [0.15, 0.2) is 11.6 Å². The molecule has 8 heteroatoms. The fourth-order valence-corrected chi connectivity index (χ4v) is 2.03. The number of alkyl halides is 2. The van der Waals surface area contributed by atoms with Crippen LogP contribution in [0.1, 0.15) is 11.3 Å². The van der Waals surface area contributed by atoms with Crippen molar-refractivity contribution in [2.45, 2.75) is 20.1 Å². The van der Waals surface area contributed by atoms with Gasteiger partial charge in [-0.1, -0.05) is 0 Å². The zero-order valence-corrected chi connectivity index (χ0v) is 11.9. The number of ether oxygens (including phenoxy) is 2. The van der Waals surface area contributed by atoms with Crippen molar-refractivity contribution >= 4 is 5.82 Å². The topological polar surface area (TPSA) is 61.2 Å². The molecule has 0 amide bonds. The largest absolute Gasteiger partial charge is 0.481 e. The summed E-state index contributed by atoms with van der Waals surface area (Å²) in [5.41, 5.74) is 1.61. The van der Waals surface area contributed by atoms with Gasteiger partial charge < -0.3 is 14.8 Å². The molecule has 0 atom stereocenters. The molecule has 0 saturated heterocycles. The van der Waals surface area contributed by atoms with Crippen LogP contribution in [0.3, 0.4) is 0 Å². The Kier molecular flexibility index (Phi) is 4.56. The van der Waals surface area contributed by atoms with Gasteiger partial charge in [-0.3, -0.25) is 0 Å². The number of hydrogen-bond donors (Lipinski definition) is 1. The molecule has 2 aromatic rings. The minimum absolute atomic E-state index is 0.00647. The van der Waals surface area contributed by atoms with Crippen molar-refractivity contribution in [2.75, 3.05) is 12.4 Å². The van der Waals surface area contributed by atoms with Crippen molar-refractivity contribution in [1.82, 2.24) is 14.8 Å². The highest BCUT2D eigenvalue weighted by atomic mass is 19.3. The number of nitrogens with zero attached hydrogens (tertiary/aromatic N) is 3. The summed E-state index contributed by atoms with van der Waals surface area (Å²) < 4.78 is 36.0. The highest BCUT2D eigenvalue weighted by Gasteiger charge is 2.15. The minimum Gasteiger partial charge on any atom is -0.481 e. The fraction of sp³-hybridized carbons (Fsp3) is 0.385. The van der Waals surface area contributed by atoms with E-state index in [-0.39, 0.29) is 11.6 Å². The first-order valence-corrected chi connectivity index (χ1v) is 6.23. The average molecular weight is 298 g/mol. The molecule has 1 N–H and O–H groups in total. The Morgan fingerprint density at radius 3 is 2.86 bits per heavy atom. The lowest BCUT2D eigenvalue weighted by molar-refractivity contribution is -0.0495. The van der Waals surface area contributed by atoms with E-state index < -0.39 is 6.61 Å². The number of anilines is 1. The van der Waals surface area contributed by atoms with Crippen molar-refractivity contribution < 1.29 is 18.3 Å². The van der Waals surface area contributed by atoms with Gasteiger partial charge in [0.1, 0.15) is 0 Å². The van der Waals surface area contributed by atoms with E-state index in [1.54, 1.807) is 18.8 Å². The maximum absolute atomic E-state index is 12.3. The van der Waals surface area contributed by atoms with Crippen molar-refractivity contribution in [2.24, 2.45) is 7.05 Å². The molecule has 0 spiro atoms. The SMILES string of the molecule is COc1c(CNc2ncccc2OC(F)F)c(C)nn1C. The Hall–Kier alpha value is -2.38. The molecule has 0 aliphatic heterocycles. The van der Waals surface area contributed by atoms with Crippen molar-refractivity contribution in [3.05, 3.63) is 29.6 Å². The van der Waals surface area contributed by atoms with Gasteiger partial charge in [-0.05, 0) is 19.1 Å². The number of methoxy groups -OCH3 is 1. The van der Waals surface area contributed by atoms with Gasteiger partial charge in [-0.25, -0.2) is 9.67 Å². The van der Waals surface area contributed by atoms with Crippen LogP contribution in [0.4, 0.5) is 14.6 Å². The minimum atomic E-state index is -2.90. The van der Waals surface area contributed by atoms with Crippen LogP contribution < -0.4 is 14.8 Å². The Balaban J connectivity index is 2.17. The molecule has 0 fully saturated rings. The molecular formula is C13H16F2N4O2.